The summed E-state index contributed by atoms with van der Waals surface area (Å²) in [6, 6.07) is 2.55. The summed E-state index contributed by atoms with van der Waals surface area (Å²) >= 11 is 7.16. The number of thiazole rings is 1. The van der Waals surface area contributed by atoms with Gasteiger partial charge in [-0.1, -0.05) is 6.92 Å². The van der Waals surface area contributed by atoms with E-state index in [2.05, 4.69) is 55.0 Å². The van der Waals surface area contributed by atoms with Gasteiger partial charge in [-0.15, -0.1) is 22.7 Å². The summed E-state index contributed by atoms with van der Waals surface area (Å²) in [7, 11) is 0. The number of hydrogen-bond acceptors (Lipinski definition) is 4. The molecule has 2 nitrogen and oxygen atoms in total. The van der Waals surface area contributed by atoms with Crippen molar-refractivity contribution in [3.63, 3.8) is 0 Å². The van der Waals surface area contributed by atoms with Crippen LogP contribution in [-0.2, 0) is 0 Å². The van der Waals surface area contributed by atoms with Crippen molar-refractivity contribution >= 4 is 38.6 Å². The molecule has 0 bridgehead atoms. The van der Waals surface area contributed by atoms with Crippen molar-refractivity contribution in [3.8, 4) is 9.88 Å². The molecular formula is C13H17BrN2S2. The van der Waals surface area contributed by atoms with Gasteiger partial charge in [0.15, 0.2) is 0 Å². The van der Waals surface area contributed by atoms with Gasteiger partial charge in [-0.3, -0.25) is 0 Å². The van der Waals surface area contributed by atoms with Crippen LogP contribution in [0.5, 0.6) is 0 Å². The Balaban J connectivity index is 2.33. The van der Waals surface area contributed by atoms with Gasteiger partial charge in [-0.05, 0) is 49.3 Å². The van der Waals surface area contributed by atoms with Gasteiger partial charge in [-0.25, -0.2) is 4.98 Å². The zero-order valence-corrected chi connectivity index (χ0v) is 14.2. The first-order valence-electron chi connectivity index (χ1n) is 6.00. The Labute approximate surface area is 125 Å². The first-order chi connectivity index (χ1) is 8.52. The molecule has 0 aliphatic rings. The standard InChI is InChI=1S/C13H17BrN2S2/c1-5-15-7(2)12-8(3)16-13(18-12)11-6-10(14)9(4)17-11/h6-7,15H,5H2,1-4H3. The van der Waals surface area contributed by atoms with Gasteiger partial charge in [0.05, 0.1) is 10.6 Å². The number of nitrogens with zero attached hydrogens (tertiary/aromatic N) is 1. The maximum Gasteiger partial charge on any atom is 0.133 e. The molecule has 5 heteroatoms. The fraction of sp³-hybridized carbons (Fsp3) is 0.462. The van der Waals surface area contributed by atoms with Gasteiger partial charge in [0.1, 0.15) is 5.01 Å². The van der Waals surface area contributed by atoms with Gasteiger partial charge >= 0.3 is 0 Å². The molecule has 0 fully saturated rings. The monoisotopic (exact) mass is 344 g/mol. The quantitative estimate of drug-likeness (QED) is 0.851. The molecular weight excluding hydrogens is 328 g/mol. The largest absolute Gasteiger partial charge is 0.310 e. The van der Waals surface area contributed by atoms with Gasteiger partial charge in [0.25, 0.3) is 0 Å². The number of halogens is 1. The van der Waals surface area contributed by atoms with E-state index in [0.29, 0.717) is 6.04 Å². The van der Waals surface area contributed by atoms with E-state index < -0.39 is 0 Å². The number of thiophene rings is 1. The van der Waals surface area contributed by atoms with E-state index in [9.17, 15) is 0 Å². The van der Waals surface area contributed by atoms with Crippen LogP contribution in [0.2, 0.25) is 0 Å². The predicted molar refractivity (Wildman–Crippen MR) is 84.7 cm³/mol. The van der Waals surface area contributed by atoms with Crippen molar-refractivity contribution in [2.45, 2.75) is 33.7 Å². The SMILES string of the molecule is CCNC(C)c1sc(-c2cc(Br)c(C)s2)nc1C. The molecule has 2 rings (SSSR count). The minimum atomic E-state index is 0.380. The maximum absolute atomic E-state index is 4.71. The minimum absolute atomic E-state index is 0.380. The molecule has 2 aromatic rings. The van der Waals surface area contributed by atoms with Crippen LogP contribution in [0.3, 0.4) is 0 Å². The molecule has 0 aliphatic carbocycles. The van der Waals surface area contributed by atoms with Crippen molar-refractivity contribution in [1.82, 2.24) is 10.3 Å². The predicted octanol–water partition coefficient (Wildman–Crippen LogP) is 4.92. The molecule has 18 heavy (non-hydrogen) atoms. The molecule has 2 aromatic heterocycles. The highest BCUT2D eigenvalue weighted by Crippen LogP contribution is 2.38. The Morgan fingerprint density at radius 1 is 1.39 bits per heavy atom. The van der Waals surface area contributed by atoms with E-state index in [1.807, 2.05) is 0 Å². The lowest BCUT2D eigenvalue weighted by Gasteiger charge is -2.09. The van der Waals surface area contributed by atoms with Crippen LogP contribution in [0, 0.1) is 13.8 Å². The average molecular weight is 345 g/mol. The van der Waals surface area contributed by atoms with Crippen LogP contribution in [0.15, 0.2) is 10.5 Å². The second kappa shape index (κ2) is 5.82. The van der Waals surface area contributed by atoms with E-state index in [-0.39, 0.29) is 0 Å². The molecule has 1 atom stereocenters. The summed E-state index contributed by atoms with van der Waals surface area (Å²) in [5.74, 6) is 0. The van der Waals surface area contributed by atoms with Crippen LogP contribution in [0.25, 0.3) is 9.88 Å². The van der Waals surface area contributed by atoms with Crippen LogP contribution in [-0.4, -0.2) is 11.5 Å². The summed E-state index contributed by atoms with van der Waals surface area (Å²) < 4.78 is 1.18. The fourth-order valence-electron chi connectivity index (χ4n) is 1.88. The Bertz CT molecular complexity index is 526. The first kappa shape index (κ1) is 14.2. The third kappa shape index (κ3) is 2.85. The molecule has 0 radical (unpaired) electrons. The Morgan fingerprint density at radius 3 is 2.67 bits per heavy atom. The van der Waals surface area contributed by atoms with Crippen LogP contribution in [0.4, 0.5) is 0 Å². The number of hydrogen-bond donors (Lipinski definition) is 1. The highest BCUT2D eigenvalue weighted by molar-refractivity contribution is 9.10. The normalized spacial score (nSPS) is 12.9. The van der Waals surface area contributed by atoms with E-state index in [4.69, 9.17) is 4.98 Å². The zero-order valence-electron chi connectivity index (χ0n) is 11.0. The summed E-state index contributed by atoms with van der Waals surface area (Å²) in [5.41, 5.74) is 1.14. The first-order valence-corrected chi connectivity index (χ1v) is 8.42. The molecule has 0 spiro atoms. The lowest BCUT2D eigenvalue weighted by atomic mass is 10.2. The minimum Gasteiger partial charge on any atom is -0.310 e. The second-order valence-electron chi connectivity index (χ2n) is 4.26. The van der Waals surface area contributed by atoms with Gasteiger partial charge in [0, 0.05) is 20.3 Å². The maximum atomic E-state index is 4.71. The summed E-state index contributed by atoms with van der Waals surface area (Å²) in [5, 5.41) is 4.58. The number of aryl methyl sites for hydroxylation is 2. The number of nitrogens with one attached hydrogen (secondary N) is 1. The van der Waals surface area contributed by atoms with Crippen molar-refractivity contribution < 1.29 is 0 Å². The number of aromatic nitrogens is 1. The lowest BCUT2D eigenvalue weighted by Crippen LogP contribution is -2.17. The average Bonchev–Trinajstić information content (AvgIpc) is 2.84. The molecule has 98 valence electrons. The molecule has 1 unspecified atom stereocenters. The molecule has 0 amide bonds. The molecule has 0 saturated heterocycles. The molecule has 2 heterocycles. The van der Waals surface area contributed by atoms with Crippen LogP contribution >= 0.6 is 38.6 Å². The number of rotatable bonds is 4. The van der Waals surface area contributed by atoms with Crippen molar-refractivity contribution in [2.24, 2.45) is 0 Å². The summed E-state index contributed by atoms with van der Waals surface area (Å²) in [4.78, 5) is 8.61. The topological polar surface area (TPSA) is 24.9 Å². The van der Waals surface area contributed by atoms with Gasteiger partial charge in [0.2, 0.25) is 0 Å². The van der Waals surface area contributed by atoms with Crippen LogP contribution in [0.1, 0.15) is 35.3 Å². The van der Waals surface area contributed by atoms with E-state index in [1.54, 1.807) is 22.7 Å². The third-order valence-electron chi connectivity index (χ3n) is 2.80. The second-order valence-corrected chi connectivity index (χ2v) is 7.40. The third-order valence-corrected chi connectivity index (χ3v) is 6.45. The van der Waals surface area contributed by atoms with Gasteiger partial charge in [-0.2, -0.15) is 0 Å². The molecule has 0 aromatic carbocycles. The summed E-state index contributed by atoms with van der Waals surface area (Å²) in [6.07, 6.45) is 0. The fourth-order valence-corrected chi connectivity index (χ4v) is 4.55. The van der Waals surface area contributed by atoms with E-state index >= 15 is 0 Å². The van der Waals surface area contributed by atoms with Crippen molar-refractivity contribution in [3.05, 3.63) is 26.0 Å². The lowest BCUT2D eigenvalue weighted by molar-refractivity contribution is 0.603. The van der Waals surface area contributed by atoms with Gasteiger partial charge < -0.3 is 5.32 Å². The Morgan fingerprint density at radius 2 is 2.11 bits per heavy atom. The van der Waals surface area contributed by atoms with E-state index in [0.717, 1.165) is 17.2 Å². The molecule has 0 aliphatic heterocycles. The Hall–Kier alpha value is -0.230. The molecule has 1 N–H and O–H groups in total. The summed E-state index contributed by atoms with van der Waals surface area (Å²) in [6.45, 7) is 9.54. The zero-order chi connectivity index (χ0) is 13.3. The van der Waals surface area contributed by atoms with Crippen molar-refractivity contribution in [2.75, 3.05) is 6.54 Å². The van der Waals surface area contributed by atoms with E-state index in [1.165, 1.54) is 19.1 Å². The highest BCUT2D eigenvalue weighted by atomic mass is 79.9. The smallest absolute Gasteiger partial charge is 0.133 e. The molecule has 0 saturated carbocycles. The Kier molecular flexibility index (Phi) is 4.59. The highest BCUT2D eigenvalue weighted by Gasteiger charge is 2.16. The van der Waals surface area contributed by atoms with Crippen LogP contribution < -0.4 is 5.32 Å². The van der Waals surface area contributed by atoms with Crippen molar-refractivity contribution in [1.29, 1.82) is 0 Å².